The summed E-state index contributed by atoms with van der Waals surface area (Å²) >= 11 is 0. The smallest absolute Gasteiger partial charge is 0.271 e. The van der Waals surface area contributed by atoms with E-state index in [2.05, 4.69) is 68.2 Å². The highest BCUT2D eigenvalue weighted by Crippen LogP contribution is 2.44. The summed E-state index contributed by atoms with van der Waals surface area (Å²) in [7, 11) is 0. The van der Waals surface area contributed by atoms with E-state index >= 15 is 0 Å². The number of nitrogens with one attached hydrogen (secondary N) is 1. The first-order valence-electron chi connectivity index (χ1n) is 11.0. The van der Waals surface area contributed by atoms with Crippen molar-refractivity contribution in [1.82, 2.24) is 5.43 Å². The molecule has 1 aliphatic rings. The predicted octanol–water partition coefficient (Wildman–Crippen LogP) is 6.10. The zero-order valence-electron chi connectivity index (χ0n) is 19.0. The van der Waals surface area contributed by atoms with Gasteiger partial charge in [0.25, 0.3) is 5.91 Å². The maximum Gasteiger partial charge on any atom is 0.271 e. The highest BCUT2D eigenvalue weighted by molar-refractivity contribution is 5.99. The summed E-state index contributed by atoms with van der Waals surface area (Å²) in [4.78, 5) is 15.0. The normalized spacial score (nSPS) is 17.9. The molecule has 0 spiro atoms. The van der Waals surface area contributed by atoms with Gasteiger partial charge in [-0.25, -0.2) is 5.43 Å². The van der Waals surface area contributed by atoms with Gasteiger partial charge in [-0.3, -0.25) is 4.79 Å². The largest absolute Gasteiger partial charge is 0.364 e. The number of anilines is 1. The van der Waals surface area contributed by atoms with Crippen LogP contribution >= 0.6 is 0 Å². The molecule has 0 bridgehead atoms. The van der Waals surface area contributed by atoms with Crippen molar-refractivity contribution in [2.75, 3.05) is 4.90 Å². The fourth-order valence-corrected chi connectivity index (χ4v) is 5.09. The summed E-state index contributed by atoms with van der Waals surface area (Å²) in [5.74, 6) is 0.265. The second-order valence-electron chi connectivity index (χ2n) is 9.46. The first-order chi connectivity index (χ1) is 14.8. The first kappa shape index (κ1) is 21.1. The molecular formula is C27H31N3O. The minimum atomic E-state index is -0.207. The number of carbonyl (C=O) groups excluding carboxylic acids is 1. The zero-order valence-corrected chi connectivity index (χ0v) is 19.0. The minimum absolute atomic E-state index is 0.129. The van der Waals surface area contributed by atoms with Crippen LogP contribution in [0.3, 0.4) is 0 Å². The van der Waals surface area contributed by atoms with Gasteiger partial charge < -0.3 is 4.90 Å². The number of carbonyl (C=O) groups is 1. The number of nitrogens with zero attached hydrogens (tertiary/aromatic N) is 2. The van der Waals surface area contributed by atoms with Gasteiger partial charge in [0.15, 0.2) is 0 Å². The van der Waals surface area contributed by atoms with Crippen LogP contribution in [0.25, 0.3) is 10.8 Å². The lowest BCUT2D eigenvalue weighted by Gasteiger charge is -2.50. The van der Waals surface area contributed by atoms with E-state index in [-0.39, 0.29) is 11.4 Å². The lowest BCUT2D eigenvalue weighted by atomic mass is 9.79. The van der Waals surface area contributed by atoms with Gasteiger partial charge in [-0.05, 0) is 86.2 Å². The van der Waals surface area contributed by atoms with E-state index in [0.29, 0.717) is 17.5 Å². The molecule has 1 N–H and O–H groups in total. The van der Waals surface area contributed by atoms with E-state index in [1.807, 2.05) is 42.5 Å². The number of fused-ring (bicyclic) bond motifs is 2. The highest BCUT2D eigenvalue weighted by Gasteiger charge is 2.37. The molecule has 160 valence electrons. The zero-order chi connectivity index (χ0) is 22.2. The molecule has 0 saturated heterocycles. The van der Waals surface area contributed by atoms with Gasteiger partial charge in [0.1, 0.15) is 0 Å². The van der Waals surface area contributed by atoms with Crippen LogP contribution in [0.4, 0.5) is 5.69 Å². The van der Waals surface area contributed by atoms with Gasteiger partial charge in [0, 0.05) is 22.8 Å². The Morgan fingerprint density at radius 2 is 1.84 bits per heavy atom. The molecule has 3 aromatic rings. The van der Waals surface area contributed by atoms with E-state index in [1.165, 1.54) is 11.3 Å². The van der Waals surface area contributed by atoms with Crippen LogP contribution in [-0.2, 0) is 0 Å². The van der Waals surface area contributed by atoms with Gasteiger partial charge in [-0.1, -0.05) is 43.3 Å². The summed E-state index contributed by atoms with van der Waals surface area (Å²) in [5.41, 5.74) is 7.03. The highest BCUT2D eigenvalue weighted by atomic mass is 16.2. The summed E-state index contributed by atoms with van der Waals surface area (Å²) < 4.78 is 0. The topological polar surface area (TPSA) is 44.7 Å². The van der Waals surface area contributed by atoms with Crippen LogP contribution in [0.2, 0.25) is 0 Å². The number of hydrogen-bond donors (Lipinski definition) is 1. The first-order valence-corrected chi connectivity index (χ1v) is 11.0. The molecule has 1 amide bonds. The maximum atomic E-state index is 12.5. The van der Waals surface area contributed by atoms with Crippen molar-refractivity contribution in [3.8, 4) is 0 Å². The Kier molecular flexibility index (Phi) is 5.57. The molecule has 1 aliphatic heterocycles. The van der Waals surface area contributed by atoms with Gasteiger partial charge in [0.2, 0.25) is 0 Å². The van der Waals surface area contributed by atoms with Crippen molar-refractivity contribution in [2.45, 2.75) is 58.5 Å². The number of benzene rings is 3. The minimum Gasteiger partial charge on any atom is -0.364 e. The van der Waals surface area contributed by atoms with Gasteiger partial charge in [0.05, 0.1) is 6.21 Å². The second-order valence-corrected chi connectivity index (χ2v) is 9.46. The van der Waals surface area contributed by atoms with Crippen molar-refractivity contribution in [3.05, 3.63) is 77.4 Å². The third kappa shape index (κ3) is 4.20. The van der Waals surface area contributed by atoms with Crippen LogP contribution in [-0.4, -0.2) is 23.7 Å². The molecule has 4 heteroatoms. The van der Waals surface area contributed by atoms with E-state index in [9.17, 15) is 4.79 Å². The third-order valence-electron chi connectivity index (χ3n) is 6.21. The Hall–Kier alpha value is -3.14. The molecular weight excluding hydrogens is 382 g/mol. The molecule has 1 heterocycles. The molecule has 1 atom stereocenters. The van der Waals surface area contributed by atoms with Crippen molar-refractivity contribution in [2.24, 2.45) is 5.10 Å². The van der Waals surface area contributed by atoms with Crippen LogP contribution in [0.15, 0.2) is 65.8 Å². The van der Waals surface area contributed by atoms with Crippen molar-refractivity contribution < 1.29 is 4.79 Å². The van der Waals surface area contributed by atoms with E-state index in [4.69, 9.17) is 0 Å². The monoisotopic (exact) mass is 413 g/mol. The SMILES string of the molecule is CC1CC(C)(C)N(C(C)C)c2ccc(/C=N/NC(=O)c3ccc4ccccc4c3)cc21. The lowest BCUT2D eigenvalue weighted by Crippen LogP contribution is -2.51. The third-order valence-corrected chi connectivity index (χ3v) is 6.21. The van der Waals surface area contributed by atoms with E-state index in [1.54, 1.807) is 6.21 Å². The summed E-state index contributed by atoms with van der Waals surface area (Å²) in [5, 5.41) is 6.37. The standard InChI is InChI=1S/C27H31N3O/c1-18(2)30-25-13-10-20(14-24(25)19(3)16-27(30,4)5)17-28-29-26(31)23-12-11-21-8-6-7-9-22(21)15-23/h6-15,17-19H,16H2,1-5H3,(H,29,31)/b28-17+. The maximum absolute atomic E-state index is 12.5. The molecule has 4 rings (SSSR count). The Balaban J connectivity index is 1.52. The molecule has 4 nitrogen and oxygen atoms in total. The number of hydrazone groups is 1. The predicted molar refractivity (Wildman–Crippen MR) is 130 cm³/mol. The van der Waals surface area contributed by atoms with Crippen LogP contribution in [0, 0.1) is 0 Å². The van der Waals surface area contributed by atoms with Crippen LogP contribution < -0.4 is 10.3 Å². The Bertz CT molecular complexity index is 1150. The number of hydrogen-bond acceptors (Lipinski definition) is 3. The average Bonchev–Trinajstić information content (AvgIpc) is 2.72. The summed E-state index contributed by atoms with van der Waals surface area (Å²) in [6, 6.07) is 20.6. The molecule has 0 saturated carbocycles. The van der Waals surface area contributed by atoms with Crippen molar-refractivity contribution in [3.63, 3.8) is 0 Å². The molecule has 0 aromatic heterocycles. The molecule has 31 heavy (non-hydrogen) atoms. The van der Waals surface area contributed by atoms with Gasteiger partial charge >= 0.3 is 0 Å². The second kappa shape index (κ2) is 8.18. The summed E-state index contributed by atoms with van der Waals surface area (Å²) in [6.45, 7) is 11.4. The molecule has 0 aliphatic carbocycles. The molecule has 0 radical (unpaired) electrons. The van der Waals surface area contributed by atoms with Gasteiger partial charge in [-0.2, -0.15) is 5.10 Å². The number of amides is 1. The van der Waals surface area contributed by atoms with Crippen LogP contribution in [0.1, 0.15) is 68.4 Å². The van der Waals surface area contributed by atoms with Gasteiger partial charge in [-0.15, -0.1) is 0 Å². The quantitative estimate of drug-likeness (QED) is 0.415. The summed E-state index contributed by atoms with van der Waals surface area (Å²) in [6.07, 6.45) is 2.84. The average molecular weight is 414 g/mol. The van der Waals surface area contributed by atoms with Crippen molar-refractivity contribution >= 4 is 28.6 Å². The molecule has 1 unspecified atom stereocenters. The fraction of sp³-hybridized carbons (Fsp3) is 0.333. The van der Waals surface area contributed by atoms with E-state index < -0.39 is 0 Å². The van der Waals surface area contributed by atoms with Crippen molar-refractivity contribution in [1.29, 1.82) is 0 Å². The number of rotatable bonds is 4. The van der Waals surface area contributed by atoms with E-state index in [0.717, 1.165) is 22.8 Å². The lowest BCUT2D eigenvalue weighted by molar-refractivity contribution is 0.0955. The fourth-order valence-electron chi connectivity index (χ4n) is 5.09. The Morgan fingerprint density at radius 1 is 1.10 bits per heavy atom. The molecule has 3 aromatic carbocycles. The Labute approximate surface area is 185 Å². The molecule has 0 fully saturated rings. The Morgan fingerprint density at radius 3 is 2.58 bits per heavy atom. The van der Waals surface area contributed by atoms with Crippen LogP contribution in [0.5, 0.6) is 0 Å².